The Labute approximate surface area is 356 Å². The van der Waals surface area contributed by atoms with Crippen LogP contribution in [0.5, 0.6) is 11.5 Å². The van der Waals surface area contributed by atoms with Crippen LogP contribution < -0.4 is 20.3 Å². The van der Waals surface area contributed by atoms with Crippen LogP contribution in [0.3, 0.4) is 0 Å². The van der Waals surface area contributed by atoms with E-state index in [9.17, 15) is 24.3 Å². The lowest BCUT2D eigenvalue weighted by molar-refractivity contribution is -0.136. The lowest BCUT2D eigenvalue weighted by atomic mass is 9.88. The number of ether oxygens (including phenoxy) is 1. The van der Waals surface area contributed by atoms with Gasteiger partial charge in [-0.3, -0.25) is 34.3 Å². The highest BCUT2D eigenvalue weighted by Gasteiger charge is 2.45. The van der Waals surface area contributed by atoms with E-state index in [4.69, 9.17) is 16.3 Å². The number of likely N-dealkylation sites (tertiary alicyclic amines) is 1. The maximum absolute atomic E-state index is 13.4. The first-order chi connectivity index (χ1) is 29.2. The van der Waals surface area contributed by atoms with Gasteiger partial charge < -0.3 is 20.1 Å². The molecule has 0 radical (unpaired) electrons. The van der Waals surface area contributed by atoms with E-state index < -0.39 is 23.8 Å². The van der Waals surface area contributed by atoms with Crippen molar-refractivity contribution < 1.29 is 29.0 Å². The first-order valence-electron chi connectivity index (χ1n) is 21.2. The number of piperidine rings is 3. The van der Waals surface area contributed by atoms with Gasteiger partial charge in [-0.05, 0) is 134 Å². The molecule has 0 spiro atoms. The Morgan fingerprint density at radius 3 is 2.23 bits per heavy atom. The zero-order valence-electron chi connectivity index (χ0n) is 33.8. The molecule has 312 valence electrons. The number of aromatic hydroxyl groups is 1. The van der Waals surface area contributed by atoms with Crippen molar-refractivity contribution in [2.75, 3.05) is 56.7 Å². The summed E-state index contributed by atoms with van der Waals surface area (Å²) in [6.45, 7) is 6.18. The maximum atomic E-state index is 13.4. The highest BCUT2D eigenvalue weighted by molar-refractivity contribution is 6.23. The second kappa shape index (κ2) is 18.8. The minimum atomic E-state index is -0.969. The molecule has 8 rings (SSSR count). The van der Waals surface area contributed by atoms with Crippen LogP contribution in [0, 0.1) is 5.92 Å². The van der Waals surface area contributed by atoms with Gasteiger partial charge in [0.05, 0.1) is 11.1 Å². The topological polar surface area (TPSA) is 132 Å². The standard InChI is InChI=1S/C48H52ClN5O6/c49-23-20-40(33-5-2-1-3-6-33)45(34-8-13-38(55)14-9-34)35-10-15-39(16-11-35)60-28-27-52-25-21-32(22-26-52)30-50-36-7-4-24-53(31-36)37-12-17-41-42(29-37)48(59)54(47(41)58)43-18-19-44(56)51-46(43)57/h1-3,5-6,8-17,29,32,36,43,50,55H,4,7,18-28,30-31H2,(H,51,56,57)/t36-,43?/m0/s1. The molecule has 4 aromatic carbocycles. The number of halogens is 1. The molecule has 0 bridgehead atoms. The van der Waals surface area contributed by atoms with Crippen LogP contribution in [0.2, 0.25) is 0 Å². The van der Waals surface area contributed by atoms with Gasteiger partial charge in [-0.25, -0.2) is 0 Å². The molecule has 4 aliphatic rings. The molecule has 3 fully saturated rings. The zero-order chi connectivity index (χ0) is 41.6. The van der Waals surface area contributed by atoms with Crippen molar-refractivity contribution in [2.24, 2.45) is 5.92 Å². The van der Waals surface area contributed by atoms with Crippen LogP contribution in [-0.2, 0) is 9.59 Å². The molecular weight excluding hydrogens is 778 g/mol. The van der Waals surface area contributed by atoms with E-state index in [0.717, 1.165) is 109 Å². The first kappa shape index (κ1) is 41.3. The number of imide groups is 2. The second-order valence-electron chi connectivity index (χ2n) is 16.2. The minimum Gasteiger partial charge on any atom is -0.508 e. The number of carbonyl (C=O) groups excluding carboxylic acids is 4. The average Bonchev–Trinajstić information content (AvgIpc) is 3.52. The third kappa shape index (κ3) is 9.28. The Morgan fingerprint density at radius 1 is 0.800 bits per heavy atom. The lowest BCUT2D eigenvalue weighted by Gasteiger charge is -2.37. The van der Waals surface area contributed by atoms with Crippen LogP contribution in [-0.4, -0.2) is 102 Å². The van der Waals surface area contributed by atoms with Crippen molar-refractivity contribution in [3.8, 4) is 11.5 Å². The molecular formula is C48H52ClN5O6. The Hall–Kier alpha value is -5.49. The minimum absolute atomic E-state index is 0.0968. The normalized spacial score (nSPS) is 20.6. The van der Waals surface area contributed by atoms with Gasteiger partial charge in [-0.1, -0.05) is 54.6 Å². The number of phenolic OH excluding ortho intramolecular Hbond substituents is 1. The molecule has 3 N–H and O–H groups in total. The summed E-state index contributed by atoms with van der Waals surface area (Å²) in [7, 11) is 0. The quantitative estimate of drug-likeness (QED) is 0.0720. The Kier molecular flexibility index (Phi) is 12.9. The molecule has 4 aliphatic heterocycles. The number of amides is 4. The van der Waals surface area contributed by atoms with Crippen molar-refractivity contribution in [3.63, 3.8) is 0 Å². The molecule has 0 saturated carbocycles. The number of nitrogens with one attached hydrogen (secondary N) is 2. The number of fused-ring (bicyclic) bond motifs is 1. The highest BCUT2D eigenvalue weighted by atomic mass is 35.5. The molecule has 2 atom stereocenters. The van der Waals surface area contributed by atoms with Crippen molar-refractivity contribution in [2.45, 2.75) is 57.0 Å². The fourth-order valence-corrected chi connectivity index (χ4v) is 9.27. The van der Waals surface area contributed by atoms with E-state index in [1.54, 1.807) is 24.3 Å². The van der Waals surface area contributed by atoms with Gasteiger partial charge in [0.15, 0.2) is 0 Å². The number of nitrogens with zero attached hydrogens (tertiary/aromatic N) is 3. The largest absolute Gasteiger partial charge is 0.508 e. The van der Waals surface area contributed by atoms with Crippen LogP contribution in [0.4, 0.5) is 5.69 Å². The van der Waals surface area contributed by atoms with Gasteiger partial charge >= 0.3 is 0 Å². The molecule has 12 heteroatoms. The summed E-state index contributed by atoms with van der Waals surface area (Å²) in [5.74, 6) is 0.206. The van der Waals surface area contributed by atoms with Crippen LogP contribution in [0.15, 0.2) is 97.1 Å². The lowest BCUT2D eigenvalue weighted by Crippen LogP contribution is -2.54. The van der Waals surface area contributed by atoms with E-state index in [0.29, 0.717) is 42.0 Å². The number of hydrogen-bond acceptors (Lipinski definition) is 9. The van der Waals surface area contributed by atoms with Crippen LogP contribution in [0.25, 0.3) is 11.1 Å². The first-order valence-corrected chi connectivity index (χ1v) is 21.7. The Bertz CT molecular complexity index is 2220. The Morgan fingerprint density at radius 2 is 1.52 bits per heavy atom. The van der Waals surface area contributed by atoms with E-state index in [2.05, 4.69) is 44.7 Å². The van der Waals surface area contributed by atoms with Gasteiger partial charge in [0.25, 0.3) is 11.8 Å². The zero-order valence-corrected chi connectivity index (χ0v) is 34.5. The summed E-state index contributed by atoms with van der Waals surface area (Å²) in [5, 5.41) is 16.1. The molecule has 0 aliphatic carbocycles. The molecule has 0 aromatic heterocycles. The summed E-state index contributed by atoms with van der Waals surface area (Å²) in [4.78, 5) is 56.5. The van der Waals surface area contributed by atoms with Crippen LogP contribution in [0.1, 0.15) is 82.4 Å². The van der Waals surface area contributed by atoms with E-state index in [-0.39, 0.29) is 24.5 Å². The second-order valence-corrected chi connectivity index (χ2v) is 16.6. The predicted molar refractivity (Wildman–Crippen MR) is 233 cm³/mol. The third-order valence-electron chi connectivity index (χ3n) is 12.4. The summed E-state index contributed by atoms with van der Waals surface area (Å²) < 4.78 is 6.24. The summed E-state index contributed by atoms with van der Waals surface area (Å²) in [6, 6.07) is 30.7. The van der Waals surface area contributed by atoms with Gasteiger partial charge in [-0.2, -0.15) is 0 Å². The molecule has 4 aromatic rings. The Balaban J connectivity index is 0.798. The maximum Gasteiger partial charge on any atom is 0.262 e. The van der Waals surface area contributed by atoms with Gasteiger partial charge in [0, 0.05) is 43.7 Å². The molecule has 11 nitrogen and oxygen atoms in total. The van der Waals surface area contributed by atoms with E-state index >= 15 is 0 Å². The van der Waals surface area contributed by atoms with Gasteiger partial charge in [0.1, 0.15) is 24.1 Å². The molecule has 3 saturated heterocycles. The van der Waals surface area contributed by atoms with E-state index in [1.807, 2.05) is 48.5 Å². The fraction of sp³-hybridized carbons (Fsp3) is 0.375. The molecule has 4 amide bonds. The molecule has 60 heavy (non-hydrogen) atoms. The number of allylic oxidation sites excluding steroid dienone is 1. The predicted octanol–water partition coefficient (Wildman–Crippen LogP) is 6.73. The average molecular weight is 830 g/mol. The van der Waals surface area contributed by atoms with Gasteiger partial charge in [0.2, 0.25) is 11.8 Å². The van der Waals surface area contributed by atoms with Crippen LogP contribution >= 0.6 is 11.6 Å². The number of hydrogen-bond donors (Lipinski definition) is 3. The molecule has 4 heterocycles. The highest BCUT2D eigenvalue weighted by Crippen LogP contribution is 2.36. The summed E-state index contributed by atoms with van der Waals surface area (Å²) in [6.07, 6.45) is 5.29. The van der Waals surface area contributed by atoms with Crippen molar-refractivity contribution in [1.82, 2.24) is 20.4 Å². The number of carbonyl (C=O) groups is 4. The number of benzene rings is 4. The van der Waals surface area contributed by atoms with Crippen molar-refractivity contribution in [1.29, 1.82) is 0 Å². The monoisotopic (exact) mass is 829 g/mol. The summed E-state index contributed by atoms with van der Waals surface area (Å²) in [5.41, 5.74) is 6.95. The number of alkyl halides is 1. The van der Waals surface area contributed by atoms with E-state index in [1.165, 1.54) is 0 Å². The fourth-order valence-electron chi connectivity index (χ4n) is 9.08. The van der Waals surface area contributed by atoms with Crippen molar-refractivity contribution >= 4 is 52.1 Å². The number of phenols is 1. The summed E-state index contributed by atoms with van der Waals surface area (Å²) >= 11 is 6.33. The third-order valence-corrected chi connectivity index (χ3v) is 12.5. The molecule has 1 unspecified atom stereocenters. The number of rotatable bonds is 14. The van der Waals surface area contributed by atoms with Gasteiger partial charge in [-0.15, -0.1) is 11.6 Å². The number of anilines is 1. The SMILES string of the molecule is O=C1CCC(N2C(=O)c3ccc(N4CCC[C@H](NCC5CCN(CCOc6ccc(C(=C(CCCl)c7ccccc7)c7ccc(O)cc7)cc6)CC5)C4)cc3C2=O)C(=O)N1. The smallest absolute Gasteiger partial charge is 0.262 e. The van der Waals surface area contributed by atoms with Crippen molar-refractivity contribution in [3.05, 3.63) is 125 Å².